The molecule has 21 heavy (non-hydrogen) atoms. The minimum atomic E-state index is -0.544. The van der Waals surface area contributed by atoms with Gasteiger partial charge in [0, 0.05) is 11.6 Å². The Morgan fingerprint density at radius 3 is 2.67 bits per heavy atom. The largest absolute Gasteiger partial charge is 0.478 e. The maximum absolute atomic E-state index is 12.1. The second-order valence-corrected chi connectivity index (χ2v) is 5.28. The number of nitrogens with zero attached hydrogens (tertiary/aromatic N) is 1. The Morgan fingerprint density at radius 1 is 1.29 bits per heavy atom. The molecule has 0 spiro atoms. The van der Waals surface area contributed by atoms with Gasteiger partial charge in [-0.05, 0) is 35.0 Å². The van der Waals surface area contributed by atoms with E-state index >= 15 is 0 Å². The van der Waals surface area contributed by atoms with Crippen LogP contribution < -0.4 is 4.74 Å². The topological polar surface area (TPSA) is 69.4 Å². The van der Waals surface area contributed by atoms with Crippen molar-refractivity contribution in [2.45, 2.75) is 6.92 Å². The van der Waals surface area contributed by atoms with Crippen LogP contribution in [-0.4, -0.2) is 17.3 Å². The van der Waals surface area contributed by atoms with Crippen LogP contribution >= 0.6 is 15.9 Å². The number of halogens is 1. The fourth-order valence-corrected chi connectivity index (χ4v) is 2.29. The van der Waals surface area contributed by atoms with Crippen molar-refractivity contribution in [1.82, 2.24) is 0 Å². The molecule has 0 aliphatic heterocycles. The number of nitro benzene ring substituents is 1. The van der Waals surface area contributed by atoms with Crippen molar-refractivity contribution >= 4 is 27.4 Å². The predicted octanol–water partition coefficient (Wildman–Crippen LogP) is 3.93. The van der Waals surface area contributed by atoms with Gasteiger partial charge in [0.05, 0.1) is 9.40 Å². The molecular weight excluding hydrogens is 338 g/mol. The van der Waals surface area contributed by atoms with Crippen LogP contribution in [0.2, 0.25) is 0 Å². The molecule has 0 radical (unpaired) electrons. The Balaban J connectivity index is 2.17. The first-order valence-electron chi connectivity index (χ1n) is 6.14. The molecule has 0 saturated carbocycles. The maximum Gasteiger partial charge on any atom is 0.312 e. The van der Waals surface area contributed by atoms with Crippen molar-refractivity contribution in [2.75, 3.05) is 6.61 Å². The van der Waals surface area contributed by atoms with Crippen LogP contribution in [0.25, 0.3) is 0 Å². The van der Waals surface area contributed by atoms with Crippen molar-refractivity contribution in [2.24, 2.45) is 0 Å². The van der Waals surface area contributed by atoms with Gasteiger partial charge in [-0.15, -0.1) is 0 Å². The summed E-state index contributed by atoms with van der Waals surface area (Å²) in [5.41, 5.74) is 1.30. The minimum absolute atomic E-state index is 0.0588. The molecule has 0 amide bonds. The SMILES string of the molecule is Cc1cccc(C(=O)COc2c(Br)cccc2[N+](=O)[O-])c1. The van der Waals surface area contributed by atoms with Crippen molar-refractivity contribution < 1.29 is 14.5 Å². The summed E-state index contributed by atoms with van der Waals surface area (Å²) in [4.78, 5) is 22.5. The summed E-state index contributed by atoms with van der Waals surface area (Å²) in [5.74, 6) is -0.174. The van der Waals surface area contributed by atoms with Crippen LogP contribution in [0.15, 0.2) is 46.9 Å². The van der Waals surface area contributed by atoms with E-state index in [2.05, 4.69) is 15.9 Å². The van der Waals surface area contributed by atoms with Gasteiger partial charge in [-0.1, -0.05) is 29.8 Å². The number of rotatable bonds is 5. The Hall–Kier alpha value is -2.21. The number of ether oxygens (including phenoxy) is 1. The van der Waals surface area contributed by atoms with Crippen molar-refractivity contribution in [3.63, 3.8) is 0 Å². The van der Waals surface area contributed by atoms with Gasteiger partial charge in [0.25, 0.3) is 0 Å². The van der Waals surface area contributed by atoms with Gasteiger partial charge in [-0.3, -0.25) is 14.9 Å². The summed E-state index contributed by atoms with van der Waals surface area (Å²) >= 11 is 3.19. The molecule has 0 fully saturated rings. The fourth-order valence-electron chi connectivity index (χ4n) is 1.82. The number of ketones is 1. The molecule has 6 heteroatoms. The first-order chi connectivity index (χ1) is 9.99. The first-order valence-corrected chi connectivity index (χ1v) is 6.94. The van der Waals surface area contributed by atoms with Gasteiger partial charge in [0.2, 0.25) is 5.75 Å². The molecule has 0 N–H and O–H groups in total. The summed E-state index contributed by atoms with van der Waals surface area (Å²) in [6, 6.07) is 11.6. The quantitative estimate of drug-likeness (QED) is 0.465. The zero-order valence-electron chi connectivity index (χ0n) is 11.2. The van der Waals surface area contributed by atoms with Crippen molar-refractivity contribution in [1.29, 1.82) is 0 Å². The van der Waals surface area contributed by atoms with E-state index in [0.717, 1.165) is 5.56 Å². The number of hydrogen-bond donors (Lipinski definition) is 0. The van der Waals surface area contributed by atoms with Crippen LogP contribution in [0.5, 0.6) is 5.75 Å². The lowest BCUT2D eigenvalue weighted by molar-refractivity contribution is -0.385. The number of benzene rings is 2. The van der Waals surface area contributed by atoms with Crippen LogP contribution in [0.1, 0.15) is 15.9 Å². The zero-order valence-corrected chi connectivity index (χ0v) is 12.8. The highest BCUT2D eigenvalue weighted by atomic mass is 79.9. The van der Waals surface area contributed by atoms with E-state index in [0.29, 0.717) is 10.0 Å². The summed E-state index contributed by atoms with van der Waals surface area (Å²) in [6.45, 7) is 1.63. The number of carbonyl (C=O) groups is 1. The average Bonchev–Trinajstić information content (AvgIpc) is 2.45. The monoisotopic (exact) mass is 349 g/mol. The van der Waals surface area contributed by atoms with E-state index in [4.69, 9.17) is 4.74 Å². The maximum atomic E-state index is 12.1. The van der Waals surface area contributed by atoms with Gasteiger partial charge in [0.1, 0.15) is 0 Å². The standard InChI is InChI=1S/C15H12BrNO4/c1-10-4-2-5-11(8-10)14(18)9-21-15-12(16)6-3-7-13(15)17(19)20/h2-8H,9H2,1H3. The Morgan fingerprint density at radius 2 is 2.00 bits per heavy atom. The van der Waals surface area contributed by atoms with Crippen LogP contribution in [0.4, 0.5) is 5.69 Å². The summed E-state index contributed by atoms with van der Waals surface area (Å²) in [7, 11) is 0. The van der Waals surface area contributed by atoms with Gasteiger partial charge in [-0.2, -0.15) is 0 Å². The third-order valence-corrected chi connectivity index (χ3v) is 3.45. The molecular formula is C15H12BrNO4. The van der Waals surface area contributed by atoms with E-state index in [9.17, 15) is 14.9 Å². The van der Waals surface area contributed by atoms with E-state index < -0.39 is 4.92 Å². The summed E-state index contributed by atoms with van der Waals surface area (Å²) in [6.07, 6.45) is 0. The second-order valence-electron chi connectivity index (χ2n) is 4.43. The molecule has 0 aliphatic carbocycles. The highest BCUT2D eigenvalue weighted by molar-refractivity contribution is 9.10. The summed E-state index contributed by atoms with van der Waals surface area (Å²) < 4.78 is 5.79. The van der Waals surface area contributed by atoms with E-state index in [1.165, 1.54) is 12.1 Å². The van der Waals surface area contributed by atoms with Crippen LogP contribution in [-0.2, 0) is 0 Å². The van der Waals surface area contributed by atoms with E-state index in [1.807, 2.05) is 13.0 Å². The fraction of sp³-hybridized carbons (Fsp3) is 0.133. The molecule has 0 saturated heterocycles. The smallest absolute Gasteiger partial charge is 0.312 e. The number of Topliss-reactive ketones (excluding diaryl/α,β-unsaturated/α-hetero) is 1. The number of para-hydroxylation sites is 1. The van der Waals surface area contributed by atoms with E-state index in [-0.39, 0.29) is 23.8 Å². The lowest BCUT2D eigenvalue weighted by Crippen LogP contribution is -2.12. The number of carbonyl (C=O) groups excluding carboxylic acids is 1. The first kappa shape index (κ1) is 15.2. The Labute approximate surface area is 129 Å². The lowest BCUT2D eigenvalue weighted by atomic mass is 10.1. The zero-order chi connectivity index (χ0) is 15.4. The van der Waals surface area contributed by atoms with Crippen molar-refractivity contribution in [3.05, 3.63) is 68.2 Å². The molecule has 2 aromatic rings. The molecule has 2 rings (SSSR count). The predicted molar refractivity (Wildman–Crippen MR) is 81.8 cm³/mol. The van der Waals surface area contributed by atoms with Gasteiger partial charge in [-0.25, -0.2) is 0 Å². The molecule has 2 aromatic carbocycles. The number of hydrogen-bond acceptors (Lipinski definition) is 4. The molecule has 0 atom stereocenters. The normalized spacial score (nSPS) is 10.2. The molecule has 108 valence electrons. The lowest BCUT2D eigenvalue weighted by Gasteiger charge is -2.08. The molecule has 0 aromatic heterocycles. The third-order valence-electron chi connectivity index (χ3n) is 2.83. The second kappa shape index (κ2) is 6.49. The number of aryl methyl sites for hydroxylation is 1. The minimum Gasteiger partial charge on any atom is -0.478 e. The molecule has 5 nitrogen and oxygen atoms in total. The van der Waals surface area contributed by atoms with Gasteiger partial charge >= 0.3 is 5.69 Å². The Kier molecular flexibility index (Phi) is 4.70. The highest BCUT2D eigenvalue weighted by Gasteiger charge is 2.19. The molecule has 0 bridgehead atoms. The van der Waals surface area contributed by atoms with Crippen molar-refractivity contribution in [3.8, 4) is 5.75 Å². The van der Waals surface area contributed by atoms with Crippen LogP contribution in [0.3, 0.4) is 0 Å². The van der Waals surface area contributed by atoms with E-state index in [1.54, 1.807) is 24.3 Å². The Bertz CT molecular complexity index is 700. The third kappa shape index (κ3) is 3.66. The average molecular weight is 350 g/mol. The molecule has 0 heterocycles. The van der Waals surface area contributed by atoms with Crippen LogP contribution in [0, 0.1) is 17.0 Å². The molecule has 0 unspecified atom stereocenters. The van der Waals surface area contributed by atoms with Gasteiger partial charge < -0.3 is 4.74 Å². The molecule has 0 aliphatic rings. The highest BCUT2D eigenvalue weighted by Crippen LogP contribution is 2.34. The summed E-state index contributed by atoms with van der Waals surface area (Å²) in [5, 5.41) is 11.0. The van der Waals surface area contributed by atoms with Gasteiger partial charge in [0.15, 0.2) is 12.4 Å². The number of nitro groups is 1.